The van der Waals surface area contributed by atoms with Gasteiger partial charge < -0.3 is 10.1 Å². The van der Waals surface area contributed by atoms with Crippen molar-refractivity contribution in [3.63, 3.8) is 0 Å². The first-order valence-electron chi connectivity index (χ1n) is 3.67. The van der Waals surface area contributed by atoms with Gasteiger partial charge in [0.15, 0.2) is 0 Å². The van der Waals surface area contributed by atoms with E-state index in [0.29, 0.717) is 6.07 Å². The van der Waals surface area contributed by atoms with Crippen LogP contribution in [0.25, 0.3) is 0 Å². The number of aromatic nitrogens is 1. The molecule has 0 aliphatic rings. The van der Waals surface area contributed by atoms with Gasteiger partial charge >= 0.3 is 5.82 Å². The van der Waals surface area contributed by atoms with Crippen molar-refractivity contribution in [2.75, 3.05) is 0 Å². The first-order chi connectivity index (χ1) is 7.34. The van der Waals surface area contributed by atoms with Crippen molar-refractivity contribution >= 4 is 34.3 Å². The summed E-state index contributed by atoms with van der Waals surface area (Å²) < 4.78 is 25.0. The van der Waals surface area contributed by atoms with E-state index in [4.69, 9.17) is 23.2 Å². The van der Waals surface area contributed by atoms with Crippen molar-refractivity contribution in [1.29, 1.82) is 0 Å². The molecular formula is C7H2Cl2F2N2O3. The van der Waals surface area contributed by atoms with Crippen molar-refractivity contribution in [3.8, 4) is 0 Å². The third-order valence-electron chi connectivity index (χ3n) is 1.62. The molecule has 0 amide bonds. The average Bonchev–Trinajstić information content (AvgIpc) is 2.15. The molecule has 86 valence electrons. The fraction of sp³-hybridized carbons (Fsp3) is 0.143. The zero-order valence-corrected chi connectivity index (χ0v) is 8.80. The summed E-state index contributed by atoms with van der Waals surface area (Å²) in [5.41, 5.74) is -1.63. The Hall–Kier alpha value is -1.34. The molecule has 0 atom stereocenters. The normalized spacial score (nSPS) is 10.6. The van der Waals surface area contributed by atoms with E-state index >= 15 is 0 Å². The van der Waals surface area contributed by atoms with E-state index in [1.165, 1.54) is 0 Å². The molecule has 0 bridgehead atoms. The molecule has 1 aromatic rings. The number of rotatable bonds is 3. The number of carbonyl (C=O) groups is 1. The largest absolute Gasteiger partial charge is 0.365 e. The molecule has 0 fully saturated rings. The van der Waals surface area contributed by atoms with Crippen LogP contribution in [0.15, 0.2) is 6.07 Å². The Morgan fingerprint density at radius 1 is 1.56 bits per heavy atom. The molecule has 1 rings (SSSR count). The lowest BCUT2D eigenvalue weighted by Gasteiger charge is -2.04. The number of hydrogen-bond donors (Lipinski definition) is 0. The second-order valence-electron chi connectivity index (χ2n) is 2.56. The number of nitrogens with zero attached hydrogens (tertiary/aromatic N) is 2. The molecule has 0 aliphatic carbocycles. The summed E-state index contributed by atoms with van der Waals surface area (Å²) in [6.07, 6.45) is -3.10. The smallest absolute Gasteiger partial charge is 0.358 e. The maximum Gasteiger partial charge on any atom is 0.365 e. The molecule has 16 heavy (non-hydrogen) atoms. The Bertz CT molecular complexity index is 467. The predicted octanol–water partition coefficient (Wildman–Crippen LogP) is 2.96. The molecule has 9 heteroatoms. The predicted molar refractivity (Wildman–Crippen MR) is 51.0 cm³/mol. The summed E-state index contributed by atoms with van der Waals surface area (Å²) >= 11 is 10.3. The Morgan fingerprint density at radius 3 is 2.50 bits per heavy atom. The van der Waals surface area contributed by atoms with Crippen molar-refractivity contribution in [3.05, 3.63) is 32.5 Å². The van der Waals surface area contributed by atoms with Crippen LogP contribution in [-0.2, 0) is 0 Å². The maximum absolute atomic E-state index is 12.5. The molecule has 1 heterocycles. The highest BCUT2D eigenvalue weighted by Gasteiger charge is 2.28. The van der Waals surface area contributed by atoms with E-state index in [9.17, 15) is 23.7 Å². The van der Waals surface area contributed by atoms with Crippen molar-refractivity contribution in [1.82, 2.24) is 4.98 Å². The van der Waals surface area contributed by atoms with Crippen molar-refractivity contribution in [2.45, 2.75) is 6.43 Å². The first-order valence-corrected chi connectivity index (χ1v) is 4.43. The quantitative estimate of drug-likeness (QED) is 0.366. The molecule has 0 saturated carbocycles. The van der Waals surface area contributed by atoms with Crippen LogP contribution in [0.1, 0.15) is 22.3 Å². The Labute approximate surface area is 97.1 Å². The summed E-state index contributed by atoms with van der Waals surface area (Å²) in [6.45, 7) is 0. The van der Waals surface area contributed by atoms with Crippen molar-refractivity contribution in [2.24, 2.45) is 0 Å². The minimum atomic E-state index is -3.10. The Balaban J connectivity index is 3.52. The van der Waals surface area contributed by atoms with E-state index in [2.05, 4.69) is 4.98 Å². The lowest BCUT2D eigenvalue weighted by atomic mass is 10.1. The monoisotopic (exact) mass is 270 g/mol. The number of nitro groups is 1. The van der Waals surface area contributed by atoms with Gasteiger partial charge in [0.2, 0.25) is 0 Å². The molecule has 0 unspecified atom stereocenters. The standard InChI is InChI=1S/C7H2Cl2F2N2O3/c8-5-4(7(10)11)2(6(9)14)1-3(12-5)13(15)16/h1,7H. The minimum Gasteiger partial charge on any atom is -0.358 e. The third-order valence-corrected chi connectivity index (χ3v) is 2.11. The Kier molecular flexibility index (Phi) is 3.71. The van der Waals surface area contributed by atoms with E-state index in [1.807, 2.05) is 0 Å². The van der Waals surface area contributed by atoms with Gasteiger partial charge in [0.25, 0.3) is 16.8 Å². The SMILES string of the molecule is O=C(Cl)c1cc([N+](=O)[O-])nc(Cl)c1C(F)F. The first kappa shape index (κ1) is 12.7. The van der Waals surface area contributed by atoms with Crippen LogP contribution >= 0.6 is 23.2 Å². The highest BCUT2D eigenvalue weighted by Crippen LogP contribution is 2.32. The molecule has 0 spiro atoms. The van der Waals surface area contributed by atoms with Crippen LogP contribution in [0.4, 0.5) is 14.6 Å². The van der Waals surface area contributed by atoms with Crippen LogP contribution in [-0.4, -0.2) is 15.1 Å². The minimum absolute atomic E-state index is 0.558. The van der Waals surface area contributed by atoms with Gasteiger partial charge in [-0.1, -0.05) is 0 Å². The van der Waals surface area contributed by atoms with Crippen LogP contribution in [0.5, 0.6) is 0 Å². The summed E-state index contributed by atoms with van der Waals surface area (Å²) in [5, 5.41) is 8.28. The summed E-state index contributed by atoms with van der Waals surface area (Å²) in [4.78, 5) is 23.3. The maximum atomic E-state index is 12.5. The van der Waals surface area contributed by atoms with Gasteiger partial charge in [0, 0.05) is 6.07 Å². The van der Waals surface area contributed by atoms with Gasteiger partial charge in [-0.2, -0.15) is 0 Å². The molecule has 5 nitrogen and oxygen atoms in total. The molecule has 0 N–H and O–H groups in total. The number of halogens is 4. The summed E-state index contributed by atoms with van der Waals surface area (Å²) in [7, 11) is 0. The fourth-order valence-corrected chi connectivity index (χ4v) is 1.40. The Morgan fingerprint density at radius 2 is 2.12 bits per heavy atom. The zero-order valence-electron chi connectivity index (χ0n) is 7.29. The zero-order chi connectivity index (χ0) is 12.5. The molecule has 0 saturated heterocycles. The van der Waals surface area contributed by atoms with Crippen molar-refractivity contribution < 1.29 is 18.5 Å². The molecule has 0 radical (unpaired) electrons. The van der Waals surface area contributed by atoms with E-state index in [-0.39, 0.29) is 0 Å². The number of alkyl halides is 2. The van der Waals surface area contributed by atoms with Gasteiger partial charge in [-0.25, -0.2) is 8.78 Å². The van der Waals surface area contributed by atoms with Gasteiger partial charge in [0.05, 0.1) is 11.1 Å². The van der Waals surface area contributed by atoms with Crippen LogP contribution in [0.3, 0.4) is 0 Å². The van der Waals surface area contributed by atoms with Crippen LogP contribution in [0.2, 0.25) is 5.15 Å². The van der Waals surface area contributed by atoms with Crippen LogP contribution < -0.4 is 0 Å². The second-order valence-corrected chi connectivity index (χ2v) is 3.27. The highest BCUT2D eigenvalue weighted by atomic mass is 35.5. The van der Waals surface area contributed by atoms with Gasteiger partial charge in [0.1, 0.15) is 0 Å². The highest BCUT2D eigenvalue weighted by molar-refractivity contribution is 6.68. The average molecular weight is 271 g/mol. The number of hydrogen-bond acceptors (Lipinski definition) is 4. The third kappa shape index (κ3) is 2.42. The summed E-state index contributed by atoms with van der Waals surface area (Å²) in [6, 6.07) is 0.558. The molecular weight excluding hydrogens is 269 g/mol. The molecule has 1 aromatic heterocycles. The summed E-state index contributed by atoms with van der Waals surface area (Å²) in [5.74, 6) is -0.821. The van der Waals surface area contributed by atoms with E-state index in [0.717, 1.165) is 0 Å². The molecule has 0 aliphatic heterocycles. The lowest BCUT2D eigenvalue weighted by molar-refractivity contribution is -0.389. The van der Waals surface area contributed by atoms with Crippen LogP contribution in [0, 0.1) is 10.1 Å². The van der Waals surface area contributed by atoms with Gasteiger partial charge in [-0.15, -0.1) is 0 Å². The van der Waals surface area contributed by atoms with Gasteiger partial charge in [-0.3, -0.25) is 4.79 Å². The molecule has 0 aromatic carbocycles. The topological polar surface area (TPSA) is 73.1 Å². The lowest BCUT2D eigenvalue weighted by Crippen LogP contribution is -2.04. The second kappa shape index (κ2) is 4.67. The van der Waals surface area contributed by atoms with E-state index in [1.54, 1.807) is 0 Å². The van der Waals surface area contributed by atoms with Gasteiger partial charge in [-0.05, 0) is 33.1 Å². The number of carbonyl (C=O) groups excluding carboxylic acids is 1. The number of pyridine rings is 1. The van der Waals surface area contributed by atoms with E-state index < -0.39 is 38.7 Å². The fourth-order valence-electron chi connectivity index (χ4n) is 0.975.